The highest BCUT2D eigenvalue weighted by Crippen LogP contribution is 2.33. The van der Waals surface area contributed by atoms with Gasteiger partial charge in [-0.15, -0.1) is 0 Å². The van der Waals surface area contributed by atoms with Crippen molar-refractivity contribution >= 4 is 0 Å². The number of aromatic nitrogens is 2. The largest absolute Gasteiger partial charge is 0.285 e. The molecule has 2 nitrogen and oxygen atoms in total. The molecule has 0 unspecified atom stereocenters. The molecule has 0 radical (unpaired) electrons. The first kappa shape index (κ1) is 8.65. The maximum Gasteiger partial charge on any atom is 0.131 e. The van der Waals surface area contributed by atoms with Crippen molar-refractivity contribution < 1.29 is 4.39 Å². The molecule has 1 aromatic heterocycles. The van der Waals surface area contributed by atoms with Gasteiger partial charge in [0.1, 0.15) is 5.82 Å². The lowest BCUT2D eigenvalue weighted by molar-refractivity contribution is 0.629. The number of fused-ring (bicyclic) bond motifs is 1. The summed E-state index contributed by atoms with van der Waals surface area (Å²) in [6.45, 7) is 0. The van der Waals surface area contributed by atoms with Crippen molar-refractivity contribution in [1.82, 2.24) is 10.2 Å². The summed E-state index contributed by atoms with van der Waals surface area (Å²) in [4.78, 5) is 0. The molecule has 0 saturated carbocycles. The van der Waals surface area contributed by atoms with Crippen LogP contribution >= 0.6 is 0 Å². The third kappa shape index (κ3) is 1.27. The number of hydrogen-bond acceptors (Lipinski definition) is 1. The maximum absolute atomic E-state index is 13.8. The van der Waals surface area contributed by atoms with E-state index >= 15 is 0 Å². The molecule has 15 heavy (non-hydrogen) atoms. The minimum Gasteiger partial charge on any atom is -0.285 e. The number of H-pyrrole nitrogens is 1. The zero-order chi connectivity index (χ0) is 10.3. The van der Waals surface area contributed by atoms with Crippen LogP contribution in [0.3, 0.4) is 0 Å². The molecule has 76 valence electrons. The van der Waals surface area contributed by atoms with Crippen molar-refractivity contribution in [3.05, 3.63) is 41.5 Å². The average Bonchev–Trinajstić information content (AvgIpc) is 2.85. The quantitative estimate of drug-likeness (QED) is 0.756. The Kier molecular flexibility index (Phi) is 1.84. The number of rotatable bonds is 1. The SMILES string of the molecule is Fc1ccc2c(c1-c1cn[nH]c1)CCC2. The fourth-order valence-electron chi connectivity index (χ4n) is 2.34. The van der Waals surface area contributed by atoms with Gasteiger partial charge in [-0.1, -0.05) is 6.07 Å². The first-order valence-corrected chi connectivity index (χ1v) is 5.15. The molecule has 1 aliphatic carbocycles. The highest BCUT2D eigenvalue weighted by molar-refractivity contribution is 5.69. The predicted molar refractivity (Wildman–Crippen MR) is 56.0 cm³/mol. The van der Waals surface area contributed by atoms with E-state index in [0.29, 0.717) is 0 Å². The average molecular weight is 202 g/mol. The fourth-order valence-corrected chi connectivity index (χ4v) is 2.34. The van der Waals surface area contributed by atoms with E-state index in [9.17, 15) is 4.39 Å². The van der Waals surface area contributed by atoms with Crippen LogP contribution in [0.15, 0.2) is 24.5 Å². The molecular formula is C12H11FN2. The van der Waals surface area contributed by atoms with E-state index in [4.69, 9.17) is 0 Å². The number of benzene rings is 1. The van der Waals surface area contributed by atoms with Crippen molar-refractivity contribution in [2.75, 3.05) is 0 Å². The van der Waals surface area contributed by atoms with Gasteiger partial charge in [0.2, 0.25) is 0 Å². The first-order chi connectivity index (χ1) is 7.36. The third-order valence-electron chi connectivity index (χ3n) is 3.02. The highest BCUT2D eigenvalue weighted by Gasteiger charge is 2.19. The van der Waals surface area contributed by atoms with Gasteiger partial charge in [0.25, 0.3) is 0 Å². The van der Waals surface area contributed by atoms with E-state index in [1.165, 1.54) is 5.56 Å². The number of aryl methyl sites for hydroxylation is 1. The Morgan fingerprint density at radius 1 is 1.27 bits per heavy atom. The molecule has 0 fully saturated rings. The van der Waals surface area contributed by atoms with Gasteiger partial charge in [0, 0.05) is 17.3 Å². The van der Waals surface area contributed by atoms with Crippen LogP contribution in [0.4, 0.5) is 4.39 Å². The molecule has 1 N–H and O–H groups in total. The number of nitrogens with zero attached hydrogens (tertiary/aromatic N) is 1. The van der Waals surface area contributed by atoms with Crippen molar-refractivity contribution in [1.29, 1.82) is 0 Å². The second-order valence-electron chi connectivity index (χ2n) is 3.90. The lowest BCUT2D eigenvalue weighted by Gasteiger charge is -2.07. The Morgan fingerprint density at radius 3 is 3.00 bits per heavy atom. The molecule has 0 amide bonds. The number of aromatic amines is 1. The molecular weight excluding hydrogens is 191 g/mol. The van der Waals surface area contributed by atoms with Crippen molar-refractivity contribution in [3.8, 4) is 11.1 Å². The molecule has 0 spiro atoms. The van der Waals surface area contributed by atoms with E-state index in [2.05, 4.69) is 10.2 Å². The van der Waals surface area contributed by atoms with E-state index in [-0.39, 0.29) is 5.82 Å². The normalized spacial score (nSPS) is 14.2. The molecule has 3 rings (SSSR count). The zero-order valence-corrected chi connectivity index (χ0v) is 8.26. The highest BCUT2D eigenvalue weighted by atomic mass is 19.1. The van der Waals surface area contributed by atoms with Crippen LogP contribution < -0.4 is 0 Å². The summed E-state index contributed by atoms with van der Waals surface area (Å²) in [5, 5.41) is 6.60. The monoisotopic (exact) mass is 202 g/mol. The van der Waals surface area contributed by atoms with Crippen LogP contribution in [0.25, 0.3) is 11.1 Å². The Balaban J connectivity index is 2.26. The van der Waals surface area contributed by atoms with E-state index in [1.807, 2.05) is 6.07 Å². The van der Waals surface area contributed by atoms with Crippen LogP contribution in [0.2, 0.25) is 0 Å². The number of halogens is 1. The van der Waals surface area contributed by atoms with E-state index in [1.54, 1.807) is 18.5 Å². The van der Waals surface area contributed by atoms with Gasteiger partial charge >= 0.3 is 0 Å². The number of nitrogens with one attached hydrogen (secondary N) is 1. The second kappa shape index (κ2) is 3.19. The van der Waals surface area contributed by atoms with Crippen LogP contribution in [0.5, 0.6) is 0 Å². The summed E-state index contributed by atoms with van der Waals surface area (Å²) in [6, 6.07) is 3.47. The number of hydrogen-bond donors (Lipinski definition) is 1. The molecule has 3 heteroatoms. The van der Waals surface area contributed by atoms with Gasteiger partial charge in [-0.25, -0.2) is 4.39 Å². The third-order valence-corrected chi connectivity index (χ3v) is 3.02. The lowest BCUT2D eigenvalue weighted by Crippen LogP contribution is -1.92. The molecule has 1 aromatic carbocycles. The van der Waals surface area contributed by atoms with Crippen molar-refractivity contribution in [2.24, 2.45) is 0 Å². The van der Waals surface area contributed by atoms with Gasteiger partial charge < -0.3 is 0 Å². The van der Waals surface area contributed by atoms with Crippen LogP contribution in [-0.4, -0.2) is 10.2 Å². The van der Waals surface area contributed by atoms with Gasteiger partial charge in [-0.05, 0) is 36.5 Å². The second-order valence-corrected chi connectivity index (χ2v) is 3.90. The van der Waals surface area contributed by atoms with Crippen LogP contribution in [0.1, 0.15) is 17.5 Å². The fraction of sp³-hybridized carbons (Fsp3) is 0.250. The van der Waals surface area contributed by atoms with Crippen LogP contribution in [-0.2, 0) is 12.8 Å². The summed E-state index contributed by atoms with van der Waals surface area (Å²) in [5.74, 6) is -0.142. The van der Waals surface area contributed by atoms with E-state index < -0.39 is 0 Å². The minimum atomic E-state index is -0.142. The molecule has 0 atom stereocenters. The van der Waals surface area contributed by atoms with Crippen molar-refractivity contribution in [2.45, 2.75) is 19.3 Å². The van der Waals surface area contributed by atoms with Crippen LogP contribution in [0, 0.1) is 5.82 Å². The molecule has 0 aliphatic heterocycles. The molecule has 1 heterocycles. The molecule has 0 bridgehead atoms. The summed E-state index contributed by atoms with van der Waals surface area (Å²) >= 11 is 0. The minimum absolute atomic E-state index is 0.142. The van der Waals surface area contributed by atoms with Gasteiger partial charge in [-0.3, -0.25) is 5.10 Å². The summed E-state index contributed by atoms with van der Waals surface area (Å²) in [6.07, 6.45) is 6.60. The first-order valence-electron chi connectivity index (χ1n) is 5.15. The molecule has 0 saturated heterocycles. The van der Waals surface area contributed by atoms with Crippen molar-refractivity contribution in [3.63, 3.8) is 0 Å². The molecule has 2 aromatic rings. The van der Waals surface area contributed by atoms with Gasteiger partial charge in [0.15, 0.2) is 0 Å². The van der Waals surface area contributed by atoms with Gasteiger partial charge in [0.05, 0.1) is 6.20 Å². The van der Waals surface area contributed by atoms with E-state index in [0.717, 1.165) is 36.0 Å². The maximum atomic E-state index is 13.8. The predicted octanol–water partition coefficient (Wildman–Crippen LogP) is 2.70. The smallest absolute Gasteiger partial charge is 0.131 e. The van der Waals surface area contributed by atoms with Gasteiger partial charge in [-0.2, -0.15) is 5.10 Å². The zero-order valence-electron chi connectivity index (χ0n) is 8.26. The lowest BCUT2D eigenvalue weighted by atomic mass is 9.98. The summed E-state index contributed by atoms with van der Waals surface area (Å²) < 4.78 is 13.8. The summed E-state index contributed by atoms with van der Waals surface area (Å²) in [5.41, 5.74) is 4.04. The standard InChI is InChI=1S/C12H11FN2/c13-11-5-4-8-2-1-3-10(8)12(11)9-6-14-15-7-9/h4-7H,1-3H2,(H,14,15). The Labute approximate surface area is 87.1 Å². The topological polar surface area (TPSA) is 28.7 Å². The Hall–Kier alpha value is -1.64. The Morgan fingerprint density at radius 2 is 2.20 bits per heavy atom. The molecule has 1 aliphatic rings. The summed E-state index contributed by atoms with van der Waals surface area (Å²) in [7, 11) is 0. The Bertz CT molecular complexity index is 489.